The number of rotatable bonds is 7. The lowest BCUT2D eigenvalue weighted by atomic mass is 9.84. The molecule has 0 amide bonds. The number of carbonyl (C=O) groups excluding carboxylic acids is 1. The van der Waals surface area contributed by atoms with Crippen LogP contribution in [-0.2, 0) is 24.0 Å². The minimum atomic E-state index is 0.102. The molecule has 42 heavy (non-hydrogen) atoms. The molecule has 0 radical (unpaired) electrons. The van der Waals surface area contributed by atoms with Gasteiger partial charge in [0.05, 0.1) is 6.10 Å². The zero-order valence-corrected chi connectivity index (χ0v) is 30.4. The van der Waals surface area contributed by atoms with Crippen LogP contribution in [0.3, 0.4) is 0 Å². The molecule has 2 aliphatic carbocycles. The summed E-state index contributed by atoms with van der Waals surface area (Å²) in [6.45, 7) is 18.5. The largest absolute Gasteiger partial charge is 0.382 e. The van der Waals surface area contributed by atoms with Gasteiger partial charge in [-0.1, -0.05) is 107 Å². The molecule has 5 heteroatoms. The number of ether oxygens (including phenoxy) is 1. The number of thiol groups is 1. The first-order chi connectivity index (χ1) is 20.4. The van der Waals surface area contributed by atoms with E-state index < -0.39 is 0 Å². The van der Waals surface area contributed by atoms with E-state index in [-0.39, 0.29) is 5.78 Å². The highest BCUT2D eigenvalue weighted by Crippen LogP contribution is 2.31. The van der Waals surface area contributed by atoms with Gasteiger partial charge in [0.25, 0.3) is 0 Å². The number of anilines is 1. The second-order valence-electron chi connectivity index (χ2n) is 11.3. The van der Waals surface area contributed by atoms with E-state index in [4.69, 9.17) is 4.74 Å². The lowest BCUT2D eigenvalue weighted by Crippen LogP contribution is -2.18. The van der Waals surface area contributed by atoms with Gasteiger partial charge in [-0.05, 0) is 98.2 Å². The Kier molecular flexibility index (Phi) is 25.2. The predicted molar refractivity (Wildman–Crippen MR) is 195 cm³/mol. The lowest BCUT2D eigenvalue weighted by Gasteiger charge is -2.21. The van der Waals surface area contributed by atoms with Gasteiger partial charge in [-0.25, -0.2) is 0 Å². The molecule has 3 unspecified atom stereocenters. The molecule has 1 N–H and O–H groups in total. The third-order valence-electron chi connectivity index (χ3n) is 7.78. The van der Waals surface area contributed by atoms with Gasteiger partial charge in [0.1, 0.15) is 0 Å². The fraction of sp³-hybridized carbons (Fsp3) is 0.649. The maximum Gasteiger partial charge on any atom is 0.159 e. The van der Waals surface area contributed by atoms with Crippen LogP contribution >= 0.6 is 20.7 Å². The van der Waals surface area contributed by atoms with Crippen LogP contribution in [0.5, 0.6) is 0 Å². The highest BCUT2D eigenvalue weighted by atomic mass is 32.7. The molecule has 5 rings (SSSR count). The summed E-state index contributed by atoms with van der Waals surface area (Å²) < 4.78 is 5.52. The van der Waals surface area contributed by atoms with Crippen LogP contribution in [0.2, 0.25) is 0 Å². The summed E-state index contributed by atoms with van der Waals surface area (Å²) in [4.78, 5) is 11.1. The third-order valence-corrected chi connectivity index (χ3v) is 7.78. The number of hydrogen-bond acceptors (Lipinski definition) is 4. The molecule has 2 fully saturated rings. The number of Topliss-reactive ketones (excluding diaryl/α,β-unsaturated/α-hetero) is 1. The normalized spacial score (nSPS) is 17.9. The van der Waals surface area contributed by atoms with Crippen molar-refractivity contribution in [1.82, 2.24) is 0 Å². The Morgan fingerprint density at radius 1 is 0.929 bits per heavy atom. The number of benzene rings is 2. The maximum atomic E-state index is 11.1. The molecule has 1 aliphatic heterocycles. The molecule has 2 aromatic rings. The summed E-state index contributed by atoms with van der Waals surface area (Å²) in [6.07, 6.45) is 14.8. The molecule has 240 valence electrons. The van der Waals surface area contributed by atoms with Gasteiger partial charge in [-0.2, -0.15) is 12.2 Å². The molecule has 1 saturated heterocycles. The Morgan fingerprint density at radius 3 is 2.02 bits per heavy atom. The fourth-order valence-electron chi connectivity index (χ4n) is 4.60. The Morgan fingerprint density at radius 2 is 1.57 bits per heavy atom. The topological polar surface area (TPSA) is 38.3 Å². The summed E-state index contributed by atoms with van der Waals surface area (Å²) in [5.41, 5.74) is 6.49. The predicted octanol–water partition coefficient (Wildman–Crippen LogP) is 11.2. The standard InChI is InChI=1S/C13H17NO2.C13H18.C5H10.C4H10.C2H6.H3PS/c1-10(15)11-4-6-12(7-5-11)14-9-13-3-2-8-16-13;1-3-11-5-7-12-8-10(2)4-6-13(12)9-11;1-2-5-3-4-5;1-3-4-2;2*1-2/h4-7,13-14H,2-3,8-9H2,1H3;5,7,9-10H,3-4,6,8H2,1-2H3;5H,2-4H2,1H3;3-4H2,1-2H3;1-2H3;2H,1H2. The van der Waals surface area contributed by atoms with Crippen molar-refractivity contribution in [3.63, 3.8) is 0 Å². The molecule has 1 saturated carbocycles. The van der Waals surface area contributed by atoms with Crippen LogP contribution in [0.25, 0.3) is 0 Å². The third kappa shape index (κ3) is 18.3. The van der Waals surface area contributed by atoms with Crippen molar-refractivity contribution < 1.29 is 9.53 Å². The number of unbranched alkanes of at least 4 members (excludes halogenated alkanes) is 1. The van der Waals surface area contributed by atoms with Crippen molar-refractivity contribution in [3.05, 3.63) is 64.7 Å². The van der Waals surface area contributed by atoms with E-state index in [9.17, 15) is 4.79 Å². The highest BCUT2D eigenvalue weighted by molar-refractivity contribution is 8.31. The number of ketones is 1. The van der Waals surface area contributed by atoms with Crippen molar-refractivity contribution in [2.75, 3.05) is 18.5 Å². The first-order valence-corrected chi connectivity index (χ1v) is 18.8. The van der Waals surface area contributed by atoms with Gasteiger partial charge >= 0.3 is 0 Å². The van der Waals surface area contributed by atoms with Gasteiger partial charge in [0, 0.05) is 24.4 Å². The Balaban J connectivity index is 0.000000574. The number of nitrogens with one attached hydrogen (secondary N) is 1. The van der Waals surface area contributed by atoms with E-state index in [1.54, 1.807) is 18.1 Å². The average Bonchev–Trinajstić information content (AvgIpc) is 3.75. The number of aryl methyl sites for hydroxylation is 2. The Bertz CT molecular complexity index is 922. The second-order valence-corrected chi connectivity index (χ2v) is 11.3. The monoisotopic (exact) mass is 617 g/mol. The van der Waals surface area contributed by atoms with Crippen molar-refractivity contribution in [2.24, 2.45) is 11.8 Å². The van der Waals surface area contributed by atoms with E-state index in [2.05, 4.69) is 78.8 Å². The van der Waals surface area contributed by atoms with Crippen molar-refractivity contribution >= 4 is 32.2 Å². The molecule has 3 nitrogen and oxygen atoms in total. The summed E-state index contributed by atoms with van der Waals surface area (Å²) in [7, 11) is 2.11. The second kappa shape index (κ2) is 26.1. The average molecular weight is 618 g/mol. The van der Waals surface area contributed by atoms with Crippen LogP contribution < -0.4 is 5.32 Å². The van der Waals surface area contributed by atoms with E-state index in [1.807, 2.05) is 38.1 Å². The van der Waals surface area contributed by atoms with Crippen LogP contribution in [0.4, 0.5) is 5.69 Å². The Hall–Kier alpha value is -1.35. The number of fused-ring (bicyclic) bond motifs is 1. The smallest absolute Gasteiger partial charge is 0.159 e. The van der Waals surface area contributed by atoms with E-state index in [0.29, 0.717) is 6.10 Å². The molecule has 0 bridgehead atoms. The maximum absolute atomic E-state index is 11.1. The van der Waals surface area contributed by atoms with Crippen LogP contribution in [-0.4, -0.2) is 25.0 Å². The zero-order chi connectivity index (χ0) is 31.8. The van der Waals surface area contributed by atoms with Gasteiger partial charge in [-0.3, -0.25) is 4.79 Å². The van der Waals surface area contributed by atoms with Crippen molar-refractivity contribution in [2.45, 2.75) is 132 Å². The highest BCUT2D eigenvalue weighted by Gasteiger charge is 2.17. The van der Waals surface area contributed by atoms with Gasteiger partial charge in [0.15, 0.2) is 5.78 Å². The first-order valence-electron chi connectivity index (χ1n) is 16.7. The van der Waals surface area contributed by atoms with Crippen LogP contribution in [0.1, 0.15) is 134 Å². The Labute approximate surface area is 268 Å². The molecule has 0 aromatic heterocycles. The molecular formula is C37H64NO2PS. The number of carbonyl (C=O) groups is 1. The van der Waals surface area contributed by atoms with Gasteiger partial charge in [-0.15, -0.1) is 0 Å². The summed E-state index contributed by atoms with van der Waals surface area (Å²) in [5.74, 6) is 2.13. The summed E-state index contributed by atoms with van der Waals surface area (Å²) in [6, 6.07) is 14.6. The lowest BCUT2D eigenvalue weighted by molar-refractivity contribution is 0.101. The van der Waals surface area contributed by atoms with Crippen LogP contribution in [0.15, 0.2) is 42.5 Å². The fourth-order valence-corrected chi connectivity index (χ4v) is 4.60. The number of hydrogen-bond donors (Lipinski definition) is 2. The van der Waals surface area contributed by atoms with Crippen LogP contribution in [0, 0.1) is 11.8 Å². The zero-order valence-electron chi connectivity index (χ0n) is 28.3. The molecular weight excluding hydrogens is 553 g/mol. The van der Waals surface area contributed by atoms with Crippen molar-refractivity contribution in [3.8, 4) is 0 Å². The first kappa shape index (κ1) is 40.6. The van der Waals surface area contributed by atoms with Gasteiger partial charge in [0.2, 0.25) is 0 Å². The van der Waals surface area contributed by atoms with Crippen molar-refractivity contribution in [1.29, 1.82) is 0 Å². The molecule has 1 heterocycles. The molecule has 0 spiro atoms. The molecule has 3 atom stereocenters. The quantitative estimate of drug-likeness (QED) is 0.184. The summed E-state index contributed by atoms with van der Waals surface area (Å²) >= 11 is 3.44. The minimum absolute atomic E-state index is 0.102. The van der Waals surface area contributed by atoms with E-state index >= 15 is 0 Å². The minimum Gasteiger partial charge on any atom is -0.382 e. The summed E-state index contributed by atoms with van der Waals surface area (Å²) in [5, 5.41) is 3.32. The molecule has 3 aliphatic rings. The molecule has 2 aromatic carbocycles. The SMILES string of the molecule is CC.CC(=O)c1ccc(NCC2CCCO2)cc1.CCC1CC1.CCCC.CCc1ccc2c(c1)CCC(C)C2.PS. The van der Waals surface area contributed by atoms with Gasteiger partial charge < -0.3 is 10.1 Å². The van der Waals surface area contributed by atoms with E-state index in [0.717, 1.165) is 49.1 Å². The van der Waals surface area contributed by atoms with E-state index in [1.165, 1.54) is 63.4 Å².